The van der Waals surface area contributed by atoms with Crippen LogP contribution in [-0.2, 0) is 6.18 Å². The number of nitrogens with one attached hydrogen (secondary N) is 1. The van der Waals surface area contributed by atoms with Crippen LogP contribution in [0.25, 0.3) is 0 Å². The van der Waals surface area contributed by atoms with E-state index in [2.05, 4.69) is 10.2 Å². The molecule has 0 spiro atoms. The smallest absolute Gasteiger partial charge is 0.416 e. The van der Waals surface area contributed by atoms with E-state index in [0.717, 1.165) is 37.8 Å². The van der Waals surface area contributed by atoms with Crippen molar-refractivity contribution in [3.63, 3.8) is 0 Å². The van der Waals surface area contributed by atoms with E-state index in [4.69, 9.17) is 9.47 Å². The van der Waals surface area contributed by atoms with Crippen LogP contribution in [0.4, 0.5) is 13.2 Å². The molecule has 1 unspecified atom stereocenters. The van der Waals surface area contributed by atoms with Crippen molar-refractivity contribution in [3.8, 4) is 11.5 Å². The van der Waals surface area contributed by atoms with E-state index in [1.165, 1.54) is 12.1 Å². The lowest BCUT2D eigenvalue weighted by Gasteiger charge is -2.36. The molecule has 1 atom stereocenters. The van der Waals surface area contributed by atoms with Gasteiger partial charge >= 0.3 is 6.18 Å². The van der Waals surface area contributed by atoms with E-state index in [0.29, 0.717) is 30.3 Å². The van der Waals surface area contributed by atoms with Gasteiger partial charge in [0.25, 0.3) is 0 Å². The van der Waals surface area contributed by atoms with Gasteiger partial charge in [0.1, 0.15) is 0 Å². The summed E-state index contributed by atoms with van der Waals surface area (Å²) in [6, 6.07) is 11.0. The fourth-order valence-corrected chi connectivity index (χ4v) is 3.68. The standard InChI is InChI=1S/C22H27F3N2O2/c1-3-28-19-9-8-17(15-20(19)29-4-2)21(27-12-10-26-11-13-27)16-6-5-7-18(14-16)22(23,24)25/h5-9,14-15,21,26H,3-4,10-13H2,1-2H3. The number of benzene rings is 2. The summed E-state index contributed by atoms with van der Waals surface area (Å²) in [6.07, 6.45) is -4.38. The van der Waals surface area contributed by atoms with Crippen LogP contribution >= 0.6 is 0 Å². The highest BCUT2D eigenvalue weighted by Gasteiger charge is 2.32. The maximum atomic E-state index is 13.3. The van der Waals surface area contributed by atoms with Crippen molar-refractivity contribution in [1.29, 1.82) is 0 Å². The molecule has 0 aromatic heterocycles. The summed E-state index contributed by atoms with van der Waals surface area (Å²) in [5.41, 5.74) is 0.873. The minimum atomic E-state index is -4.38. The molecule has 3 rings (SSSR count). The molecule has 0 amide bonds. The summed E-state index contributed by atoms with van der Waals surface area (Å²) in [7, 11) is 0. The number of nitrogens with zero attached hydrogens (tertiary/aromatic N) is 1. The van der Waals surface area contributed by atoms with Crippen LogP contribution in [0, 0.1) is 0 Å². The summed E-state index contributed by atoms with van der Waals surface area (Å²) >= 11 is 0. The molecule has 0 radical (unpaired) electrons. The number of ether oxygens (including phenoxy) is 2. The topological polar surface area (TPSA) is 33.7 Å². The summed E-state index contributed by atoms with van der Waals surface area (Å²) in [4.78, 5) is 2.21. The average Bonchev–Trinajstić information content (AvgIpc) is 2.71. The lowest BCUT2D eigenvalue weighted by molar-refractivity contribution is -0.137. The Labute approximate surface area is 169 Å². The van der Waals surface area contributed by atoms with E-state index in [-0.39, 0.29) is 6.04 Å². The largest absolute Gasteiger partial charge is 0.490 e. The third-order valence-electron chi connectivity index (χ3n) is 4.93. The Hall–Kier alpha value is -2.25. The first kappa shape index (κ1) is 21.5. The quantitative estimate of drug-likeness (QED) is 0.732. The van der Waals surface area contributed by atoms with Gasteiger partial charge < -0.3 is 14.8 Å². The predicted molar refractivity (Wildman–Crippen MR) is 107 cm³/mol. The van der Waals surface area contributed by atoms with Crippen LogP contribution in [-0.4, -0.2) is 44.3 Å². The van der Waals surface area contributed by atoms with Crippen LogP contribution < -0.4 is 14.8 Å². The van der Waals surface area contributed by atoms with Crippen molar-refractivity contribution in [3.05, 3.63) is 59.2 Å². The molecule has 2 aromatic carbocycles. The number of hydrogen-bond donors (Lipinski definition) is 1. The maximum absolute atomic E-state index is 13.3. The van der Waals surface area contributed by atoms with Gasteiger partial charge in [-0.25, -0.2) is 0 Å². The second-order valence-corrected chi connectivity index (χ2v) is 6.88. The van der Waals surface area contributed by atoms with E-state index in [1.807, 2.05) is 32.0 Å². The SMILES string of the molecule is CCOc1ccc(C(c2cccc(C(F)(F)F)c2)N2CCNCC2)cc1OCC. The molecule has 7 heteroatoms. The van der Waals surface area contributed by atoms with Crippen molar-refractivity contribution < 1.29 is 22.6 Å². The van der Waals surface area contributed by atoms with Crippen LogP contribution in [0.3, 0.4) is 0 Å². The Kier molecular flexibility index (Phi) is 7.03. The highest BCUT2D eigenvalue weighted by molar-refractivity contribution is 5.46. The monoisotopic (exact) mass is 408 g/mol. The molecule has 0 aliphatic carbocycles. The van der Waals surface area contributed by atoms with Crippen LogP contribution in [0.2, 0.25) is 0 Å². The van der Waals surface area contributed by atoms with Gasteiger partial charge in [0.05, 0.1) is 24.8 Å². The fourth-order valence-electron chi connectivity index (χ4n) is 3.68. The van der Waals surface area contributed by atoms with Gasteiger partial charge in [-0.1, -0.05) is 18.2 Å². The van der Waals surface area contributed by atoms with E-state index in [9.17, 15) is 13.2 Å². The van der Waals surface area contributed by atoms with Gasteiger partial charge in [0, 0.05) is 26.2 Å². The van der Waals surface area contributed by atoms with Crippen molar-refractivity contribution in [2.75, 3.05) is 39.4 Å². The van der Waals surface area contributed by atoms with E-state index in [1.54, 1.807) is 6.07 Å². The minimum absolute atomic E-state index is 0.297. The molecule has 1 aliphatic rings. The van der Waals surface area contributed by atoms with Gasteiger partial charge in [-0.05, 0) is 49.2 Å². The van der Waals surface area contributed by atoms with Crippen LogP contribution in [0.5, 0.6) is 11.5 Å². The molecule has 1 saturated heterocycles. The number of halogens is 3. The summed E-state index contributed by atoms with van der Waals surface area (Å²) in [6.45, 7) is 7.87. The molecule has 1 fully saturated rings. The minimum Gasteiger partial charge on any atom is -0.490 e. The zero-order valence-corrected chi connectivity index (χ0v) is 16.8. The molecule has 4 nitrogen and oxygen atoms in total. The van der Waals surface area contributed by atoms with E-state index < -0.39 is 11.7 Å². The predicted octanol–water partition coefficient (Wildman–Crippen LogP) is 4.50. The highest BCUT2D eigenvalue weighted by atomic mass is 19.4. The van der Waals surface area contributed by atoms with Crippen molar-refractivity contribution >= 4 is 0 Å². The third kappa shape index (κ3) is 5.22. The molecule has 29 heavy (non-hydrogen) atoms. The Morgan fingerprint density at radius 2 is 1.59 bits per heavy atom. The Balaban J connectivity index is 2.06. The van der Waals surface area contributed by atoms with Gasteiger partial charge in [-0.3, -0.25) is 4.90 Å². The normalized spacial score (nSPS) is 16.4. The van der Waals surface area contributed by atoms with Crippen LogP contribution in [0.1, 0.15) is 36.6 Å². The zero-order valence-electron chi connectivity index (χ0n) is 16.8. The van der Waals surface area contributed by atoms with E-state index >= 15 is 0 Å². The Bertz CT molecular complexity index is 805. The molecule has 158 valence electrons. The number of alkyl halides is 3. The molecule has 1 heterocycles. The second-order valence-electron chi connectivity index (χ2n) is 6.88. The van der Waals surface area contributed by atoms with Crippen LogP contribution in [0.15, 0.2) is 42.5 Å². The average molecular weight is 408 g/mol. The Morgan fingerprint density at radius 1 is 0.931 bits per heavy atom. The van der Waals surface area contributed by atoms with Gasteiger partial charge in [0.2, 0.25) is 0 Å². The first-order valence-corrected chi connectivity index (χ1v) is 9.95. The third-order valence-corrected chi connectivity index (χ3v) is 4.93. The second kappa shape index (κ2) is 9.50. The zero-order chi connectivity index (χ0) is 20.9. The first-order valence-electron chi connectivity index (χ1n) is 9.95. The maximum Gasteiger partial charge on any atom is 0.416 e. The number of rotatable bonds is 7. The molecular formula is C22H27F3N2O2. The summed E-state index contributed by atoms with van der Waals surface area (Å²) in [5.74, 6) is 1.25. The van der Waals surface area contributed by atoms with Gasteiger partial charge in [-0.2, -0.15) is 13.2 Å². The van der Waals surface area contributed by atoms with Crippen molar-refractivity contribution in [2.24, 2.45) is 0 Å². The molecule has 2 aromatic rings. The van der Waals surface area contributed by atoms with Crippen molar-refractivity contribution in [2.45, 2.75) is 26.1 Å². The molecule has 0 bridgehead atoms. The Morgan fingerprint density at radius 3 is 2.24 bits per heavy atom. The van der Waals surface area contributed by atoms with Gasteiger partial charge in [0.15, 0.2) is 11.5 Å². The number of hydrogen-bond acceptors (Lipinski definition) is 4. The summed E-state index contributed by atoms with van der Waals surface area (Å²) in [5, 5.41) is 3.30. The molecule has 0 saturated carbocycles. The molecular weight excluding hydrogens is 381 g/mol. The lowest BCUT2D eigenvalue weighted by atomic mass is 9.94. The first-order chi connectivity index (χ1) is 13.9. The lowest BCUT2D eigenvalue weighted by Crippen LogP contribution is -2.45. The van der Waals surface area contributed by atoms with Crippen molar-refractivity contribution in [1.82, 2.24) is 10.2 Å². The molecule has 1 N–H and O–H groups in total. The summed E-state index contributed by atoms with van der Waals surface area (Å²) < 4.78 is 51.3. The van der Waals surface area contributed by atoms with Gasteiger partial charge in [-0.15, -0.1) is 0 Å². The molecule has 1 aliphatic heterocycles. The highest BCUT2D eigenvalue weighted by Crippen LogP contribution is 2.38. The number of piperazine rings is 1. The fraction of sp³-hybridized carbons (Fsp3) is 0.455.